The van der Waals surface area contributed by atoms with E-state index in [1.165, 1.54) is 37.1 Å². The van der Waals surface area contributed by atoms with Gasteiger partial charge in [-0.25, -0.2) is 0 Å². The highest BCUT2D eigenvalue weighted by Crippen LogP contribution is 2.32. The molecule has 1 fully saturated rings. The smallest absolute Gasteiger partial charge is 0.0596 e. The molecular weight excluding hydrogens is 172 g/mol. The molecule has 0 unspecified atom stereocenters. The molecule has 78 valence electrons. The summed E-state index contributed by atoms with van der Waals surface area (Å²) in [6.07, 6.45) is 5.39. The van der Waals surface area contributed by atoms with Gasteiger partial charge in [-0.3, -0.25) is 4.68 Å². The lowest BCUT2D eigenvalue weighted by molar-refractivity contribution is 0.440. The summed E-state index contributed by atoms with van der Waals surface area (Å²) in [5.74, 6) is 0.594. The molecule has 1 aliphatic rings. The highest BCUT2D eigenvalue weighted by Gasteiger charge is 2.21. The maximum Gasteiger partial charge on any atom is 0.0596 e. The van der Waals surface area contributed by atoms with Gasteiger partial charge in [0.1, 0.15) is 0 Å². The van der Waals surface area contributed by atoms with E-state index in [1.54, 1.807) is 0 Å². The fourth-order valence-electron chi connectivity index (χ4n) is 2.41. The number of aromatic nitrogens is 2. The van der Waals surface area contributed by atoms with Crippen LogP contribution < -0.4 is 0 Å². The molecule has 1 heterocycles. The van der Waals surface area contributed by atoms with Crippen molar-refractivity contribution >= 4 is 0 Å². The average molecular weight is 192 g/mol. The minimum absolute atomic E-state index is 0.594. The number of hydrogen-bond donors (Lipinski definition) is 0. The predicted molar refractivity (Wildman–Crippen MR) is 58.6 cm³/mol. The van der Waals surface area contributed by atoms with E-state index >= 15 is 0 Å². The molecule has 0 saturated heterocycles. The molecule has 1 aromatic rings. The normalized spacial score (nSPS) is 18.3. The minimum atomic E-state index is 0.594. The van der Waals surface area contributed by atoms with Gasteiger partial charge in [0.2, 0.25) is 0 Å². The van der Waals surface area contributed by atoms with Crippen LogP contribution in [0.1, 0.15) is 62.9 Å². The maximum absolute atomic E-state index is 4.63. The quantitative estimate of drug-likeness (QED) is 0.702. The first-order chi connectivity index (χ1) is 6.68. The summed E-state index contributed by atoms with van der Waals surface area (Å²) in [5.41, 5.74) is 2.58. The minimum Gasteiger partial charge on any atom is -0.266 e. The Bertz CT molecular complexity index is 306. The highest BCUT2D eigenvalue weighted by molar-refractivity contribution is 5.13. The van der Waals surface area contributed by atoms with Gasteiger partial charge in [-0.1, -0.05) is 26.7 Å². The number of hydrogen-bond acceptors (Lipinski definition) is 1. The first-order valence-electron chi connectivity index (χ1n) is 5.74. The molecular formula is C12H20N2. The summed E-state index contributed by atoms with van der Waals surface area (Å²) in [6, 6.07) is 2.92. The Kier molecular flexibility index (Phi) is 2.62. The van der Waals surface area contributed by atoms with Crippen molar-refractivity contribution in [1.29, 1.82) is 0 Å². The van der Waals surface area contributed by atoms with Crippen LogP contribution in [0, 0.1) is 6.92 Å². The van der Waals surface area contributed by atoms with E-state index in [4.69, 9.17) is 0 Å². The van der Waals surface area contributed by atoms with Crippen molar-refractivity contribution in [3.63, 3.8) is 0 Å². The zero-order valence-electron chi connectivity index (χ0n) is 9.45. The van der Waals surface area contributed by atoms with Crippen molar-refractivity contribution < 1.29 is 0 Å². The van der Waals surface area contributed by atoms with Gasteiger partial charge in [0.25, 0.3) is 0 Å². The van der Waals surface area contributed by atoms with Crippen molar-refractivity contribution in [2.75, 3.05) is 0 Å². The predicted octanol–water partition coefficient (Wildman–Crippen LogP) is 3.43. The van der Waals surface area contributed by atoms with E-state index in [0.717, 1.165) is 0 Å². The van der Waals surface area contributed by atoms with Crippen LogP contribution in [0.3, 0.4) is 0 Å². The molecule has 0 aromatic carbocycles. The summed E-state index contributed by atoms with van der Waals surface area (Å²) in [5, 5.41) is 4.63. The molecule has 2 nitrogen and oxygen atoms in total. The van der Waals surface area contributed by atoms with Gasteiger partial charge in [-0.15, -0.1) is 0 Å². The highest BCUT2D eigenvalue weighted by atomic mass is 15.3. The summed E-state index contributed by atoms with van der Waals surface area (Å²) in [6.45, 7) is 6.60. The third-order valence-corrected chi connectivity index (χ3v) is 3.15. The van der Waals surface area contributed by atoms with Crippen LogP contribution in [0.25, 0.3) is 0 Å². The van der Waals surface area contributed by atoms with Crippen molar-refractivity contribution in [3.05, 3.63) is 17.5 Å². The standard InChI is InChI=1S/C12H20N2/c1-9(2)12-8-10(3)13-14(12)11-6-4-5-7-11/h8-9,11H,4-7H2,1-3H3. The lowest BCUT2D eigenvalue weighted by Gasteiger charge is -2.15. The molecule has 1 saturated carbocycles. The van der Waals surface area contributed by atoms with E-state index in [2.05, 4.69) is 36.6 Å². The van der Waals surface area contributed by atoms with Gasteiger partial charge in [0.15, 0.2) is 0 Å². The Hall–Kier alpha value is -0.790. The molecule has 0 aliphatic heterocycles. The van der Waals surface area contributed by atoms with Crippen LogP contribution in [0.15, 0.2) is 6.07 Å². The average Bonchev–Trinajstić information content (AvgIpc) is 2.70. The monoisotopic (exact) mass is 192 g/mol. The van der Waals surface area contributed by atoms with Crippen LogP contribution in [0.2, 0.25) is 0 Å². The van der Waals surface area contributed by atoms with E-state index in [1.807, 2.05) is 0 Å². The fraction of sp³-hybridized carbons (Fsp3) is 0.750. The SMILES string of the molecule is Cc1cc(C(C)C)n(C2CCCC2)n1. The van der Waals surface area contributed by atoms with Gasteiger partial charge in [-0.2, -0.15) is 5.10 Å². The third kappa shape index (κ3) is 1.70. The second-order valence-electron chi connectivity index (χ2n) is 4.75. The zero-order chi connectivity index (χ0) is 10.1. The third-order valence-electron chi connectivity index (χ3n) is 3.15. The van der Waals surface area contributed by atoms with Crippen LogP contribution in [0.5, 0.6) is 0 Å². The molecule has 0 atom stereocenters. The molecule has 2 rings (SSSR count). The fourth-order valence-corrected chi connectivity index (χ4v) is 2.41. The van der Waals surface area contributed by atoms with E-state index in [0.29, 0.717) is 12.0 Å². The van der Waals surface area contributed by atoms with E-state index in [9.17, 15) is 0 Å². The topological polar surface area (TPSA) is 17.8 Å². The van der Waals surface area contributed by atoms with Gasteiger partial charge < -0.3 is 0 Å². The number of aryl methyl sites for hydroxylation is 1. The largest absolute Gasteiger partial charge is 0.266 e. The Morgan fingerprint density at radius 2 is 2.00 bits per heavy atom. The molecule has 1 aliphatic carbocycles. The van der Waals surface area contributed by atoms with Crippen molar-refractivity contribution in [2.24, 2.45) is 0 Å². The number of nitrogens with zero attached hydrogens (tertiary/aromatic N) is 2. The van der Waals surface area contributed by atoms with Crippen LogP contribution >= 0.6 is 0 Å². The second-order valence-corrected chi connectivity index (χ2v) is 4.75. The van der Waals surface area contributed by atoms with E-state index in [-0.39, 0.29) is 0 Å². The maximum atomic E-state index is 4.63. The lowest BCUT2D eigenvalue weighted by Crippen LogP contribution is -2.11. The van der Waals surface area contributed by atoms with Crippen molar-refractivity contribution in [2.45, 2.75) is 58.4 Å². The van der Waals surface area contributed by atoms with Crippen molar-refractivity contribution in [3.8, 4) is 0 Å². The Morgan fingerprint density at radius 1 is 1.36 bits per heavy atom. The Morgan fingerprint density at radius 3 is 2.57 bits per heavy atom. The summed E-state index contributed by atoms with van der Waals surface area (Å²) in [7, 11) is 0. The van der Waals surface area contributed by atoms with Crippen LogP contribution in [0.4, 0.5) is 0 Å². The molecule has 0 bridgehead atoms. The van der Waals surface area contributed by atoms with Crippen molar-refractivity contribution in [1.82, 2.24) is 9.78 Å². The first-order valence-corrected chi connectivity index (χ1v) is 5.74. The van der Waals surface area contributed by atoms with E-state index < -0.39 is 0 Å². The number of rotatable bonds is 2. The Balaban J connectivity index is 2.30. The molecule has 2 heteroatoms. The molecule has 0 radical (unpaired) electrons. The van der Waals surface area contributed by atoms with Gasteiger partial charge >= 0.3 is 0 Å². The summed E-state index contributed by atoms with van der Waals surface area (Å²) in [4.78, 5) is 0. The second kappa shape index (κ2) is 3.76. The summed E-state index contributed by atoms with van der Waals surface area (Å²) >= 11 is 0. The summed E-state index contributed by atoms with van der Waals surface area (Å²) < 4.78 is 2.28. The molecule has 0 spiro atoms. The molecule has 0 amide bonds. The molecule has 14 heavy (non-hydrogen) atoms. The van der Waals surface area contributed by atoms with Gasteiger partial charge in [-0.05, 0) is 31.7 Å². The van der Waals surface area contributed by atoms with Gasteiger partial charge in [0.05, 0.1) is 11.7 Å². The lowest BCUT2D eigenvalue weighted by atomic mass is 10.1. The van der Waals surface area contributed by atoms with Crippen LogP contribution in [-0.4, -0.2) is 9.78 Å². The molecule has 0 N–H and O–H groups in total. The zero-order valence-corrected chi connectivity index (χ0v) is 9.45. The first kappa shape index (κ1) is 9.75. The Labute approximate surface area is 86.3 Å². The van der Waals surface area contributed by atoms with Gasteiger partial charge in [0, 0.05) is 5.69 Å². The van der Waals surface area contributed by atoms with Crippen LogP contribution in [-0.2, 0) is 0 Å². The molecule has 1 aromatic heterocycles.